The van der Waals surface area contributed by atoms with Gasteiger partial charge in [-0.05, 0) is 17.2 Å². The number of quaternary nitrogens is 1. The Morgan fingerprint density at radius 2 is 1.62 bits per heavy atom. The highest BCUT2D eigenvalue weighted by atomic mass is 32.2. The molecular formula is C20H25N2O3S+. The molecule has 0 atom stereocenters. The fourth-order valence-electron chi connectivity index (χ4n) is 2.97. The van der Waals surface area contributed by atoms with Crippen LogP contribution in [0.25, 0.3) is 6.08 Å². The first-order chi connectivity index (χ1) is 12.6. The molecule has 1 aliphatic heterocycles. The van der Waals surface area contributed by atoms with Crippen molar-refractivity contribution in [3.8, 4) is 0 Å². The summed E-state index contributed by atoms with van der Waals surface area (Å²) in [4.78, 5) is 1.47. The minimum Gasteiger partial charge on any atom is -0.370 e. The molecule has 0 spiro atoms. The molecule has 0 unspecified atom stereocenters. The van der Waals surface area contributed by atoms with Crippen LogP contribution in [-0.4, -0.2) is 34.7 Å². The fourth-order valence-corrected chi connectivity index (χ4v) is 3.76. The SMILES string of the molecule is O=S(=O)(/C=C/c1ccccc1)NCc1ccccc1C[NH+]1CCOCC1. The van der Waals surface area contributed by atoms with Crippen molar-refractivity contribution in [1.82, 2.24) is 4.72 Å². The van der Waals surface area contributed by atoms with E-state index in [4.69, 9.17) is 4.74 Å². The monoisotopic (exact) mass is 373 g/mol. The fraction of sp³-hybridized carbons (Fsp3) is 0.300. The van der Waals surface area contributed by atoms with Gasteiger partial charge < -0.3 is 9.64 Å². The molecule has 1 heterocycles. The van der Waals surface area contributed by atoms with Gasteiger partial charge in [-0.15, -0.1) is 0 Å². The minimum absolute atomic E-state index is 0.293. The van der Waals surface area contributed by atoms with Crippen molar-refractivity contribution in [3.05, 3.63) is 76.7 Å². The van der Waals surface area contributed by atoms with Gasteiger partial charge in [0.1, 0.15) is 19.6 Å². The van der Waals surface area contributed by atoms with Crippen molar-refractivity contribution in [1.29, 1.82) is 0 Å². The van der Waals surface area contributed by atoms with E-state index >= 15 is 0 Å². The molecule has 0 aromatic heterocycles. The van der Waals surface area contributed by atoms with Gasteiger partial charge in [-0.1, -0.05) is 54.6 Å². The second kappa shape index (κ2) is 9.09. The summed E-state index contributed by atoms with van der Waals surface area (Å²) >= 11 is 0. The summed E-state index contributed by atoms with van der Waals surface area (Å²) in [6.45, 7) is 4.73. The Morgan fingerprint density at radius 1 is 0.962 bits per heavy atom. The maximum Gasteiger partial charge on any atom is 0.234 e. The summed E-state index contributed by atoms with van der Waals surface area (Å²) < 4.78 is 32.6. The predicted octanol–water partition coefficient (Wildman–Crippen LogP) is 1.19. The van der Waals surface area contributed by atoms with Crippen LogP contribution >= 0.6 is 0 Å². The average molecular weight is 373 g/mol. The highest BCUT2D eigenvalue weighted by Crippen LogP contribution is 2.09. The van der Waals surface area contributed by atoms with Crippen LogP contribution < -0.4 is 9.62 Å². The molecule has 5 nitrogen and oxygen atoms in total. The second-order valence-corrected chi connectivity index (χ2v) is 8.04. The van der Waals surface area contributed by atoms with Crippen molar-refractivity contribution in [2.45, 2.75) is 13.1 Å². The summed E-state index contributed by atoms with van der Waals surface area (Å²) in [7, 11) is -3.49. The van der Waals surface area contributed by atoms with Gasteiger partial charge in [0.2, 0.25) is 10.0 Å². The molecule has 1 aliphatic rings. The van der Waals surface area contributed by atoms with E-state index in [1.54, 1.807) is 6.08 Å². The van der Waals surface area contributed by atoms with E-state index in [9.17, 15) is 8.42 Å². The summed E-state index contributed by atoms with van der Waals surface area (Å²) in [6.07, 6.45) is 1.60. The molecule has 6 heteroatoms. The minimum atomic E-state index is -3.49. The number of rotatable bonds is 7. The first-order valence-corrected chi connectivity index (χ1v) is 10.4. The standard InChI is InChI=1S/C20H24N2O3S/c23-26(24,15-10-18-6-2-1-3-7-18)21-16-19-8-4-5-9-20(19)17-22-11-13-25-14-12-22/h1-10,15,21H,11-14,16-17H2/p+1/b15-10+. The van der Waals surface area contributed by atoms with Gasteiger partial charge in [0.05, 0.1) is 13.2 Å². The van der Waals surface area contributed by atoms with Gasteiger partial charge in [0.25, 0.3) is 0 Å². The molecule has 1 saturated heterocycles. The molecule has 3 rings (SSSR count). The third kappa shape index (κ3) is 5.78. The van der Waals surface area contributed by atoms with E-state index in [1.165, 1.54) is 15.9 Å². The number of morpholine rings is 1. The molecule has 2 N–H and O–H groups in total. The predicted molar refractivity (Wildman–Crippen MR) is 103 cm³/mol. The van der Waals surface area contributed by atoms with Crippen LogP contribution in [0.2, 0.25) is 0 Å². The molecule has 26 heavy (non-hydrogen) atoms. The van der Waals surface area contributed by atoms with Crippen LogP contribution in [0.5, 0.6) is 0 Å². The van der Waals surface area contributed by atoms with Crippen molar-refractivity contribution >= 4 is 16.1 Å². The lowest BCUT2D eigenvalue weighted by molar-refractivity contribution is -0.921. The Hall–Kier alpha value is -1.99. The smallest absolute Gasteiger partial charge is 0.234 e. The third-order valence-electron chi connectivity index (χ3n) is 4.46. The molecule has 0 bridgehead atoms. The van der Waals surface area contributed by atoms with Gasteiger partial charge >= 0.3 is 0 Å². The average Bonchev–Trinajstić information content (AvgIpc) is 2.68. The molecular weight excluding hydrogens is 348 g/mol. The Bertz CT molecular complexity index is 829. The molecule has 2 aromatic carbocycles. The second-order valence-electron chi connectivity index (χ2n) is 6.39. The van der Waals surface area contributed by atoms with Crippen molar-refractivity contribution in [2.75, 3.05) is 26.3 Å². The van der Waals surface area contributed by atoms with E-state index < -0.39 is 10.0 Å². The van der Waals surface area contributed by atoms with Gasteiger partial charge in [-0.2, -0.15) is 0 Å². The number of hydrogen-bond donors (Lipinski definition) is 2. The van der Waals surface area contributed by atoms with E-state index in [2.05, 4.69) is 10.8 Å². The highest BCUT2D eigenvalue weighted by molar-refractivity contribution is 7.92. The lowest BCUT2D eigenvalue weighted by Gasteiger charge is -2.24. The lowest BCUT2D eigenvalue weighted by atomic mass is 10.1. The van der Waals surface area contributed by atoms with Crippen LogP contribution in [0.15, 0.2) is 60.0 Å². The van der Waals surface area contributed by atoms with Crippen molar-refractivity contribution in [2.24, 2.45) is 0 Å². The van der Waals surface area contributed by atoms with Gasteiger partial charge in [0.15, 0.2) is 0 Å². The van der Waals surface area contributed by atoms with Gasteiger partial charge in [-0.3, -0.25) is 0 Å². The first-order valence-electron chi connectivity index (χ1n) is 8.83. The topological polar surface area (TPSA) is 59.8 Å². The zero-order valence-corrected chi connectivity index (χ0v) is 15.5. The van der Waals surface area contributed by atoms with Crippen molar-refractivity contribution in [3.63, 3.8) is 0 Å². The van der Waals surface area contributed by atoms with Gasteiger partial charge in [-0.25, -0.2) is 13.1 Å². The maximum absolute atomic E-state index is 12.3. The normalized spacial score (nSPS) is 16.2. The lowest BCUT2D eigenvalue weighted by Crippen LogP contribution is -3.12. The first kappa shape index (κ1) is 18.8. The number of ether oxygens (including phenoxy) is 1. The van der Waals surface area contributed by atoms with Crippen LogP contribution in [0.4, 0.5) is 0 Å². The largest absolute Gasteiger partial charge is 0.370 e. The number of hydrogen-bond acceptors (Lipinski definition) is 3. The maximum atomic E-state index is 12.3. The zero-order chi connectivity index (χ0) is 18.2. The summed E-state index contributed by atoms with van der Waals surface area (Å²) in [5, 5.41) is 1.22. The van der Waals surface area contributed by atoms with E-state index in [-0.39, 0.29) is 0 Å². The molecule has 0 radical (unpaired) electrons. The molecule has 1 fully saturated rings. The Labute approximate surface area is 155 Å². The van der Waals surface area contributed by atoms with Crippen LogP contribution in [0.1, 0.15) is 16.7 Å². The summed E-state index contributed by atoms with van der Waals surface area (Å²) in [6, 6.07) is 17.4. The van der Waals surface area contributed by atoms with E-state index in [0.717, 1.165) is 44.0 Å². The Morgan fingerprint density at radius 3 is 2.35 bits per heavy atom. The van der Waals surface area contributed by atoms with Crippen LogP contribution in [0.3, 0.4) is 0 Å². The van der Waals surface area contributed by atoms with E-state index in [1.807, 2.05) is 48.5 Å². The van der Waals surface area contributed by atoms with Crippen LogP contribution in [-0.2, 0) is 27.8 Å². The quantitative estimate of drug-likeness (QED) is 0.767. The molecule has 0 saturated carbocycles. The summed E-state index contributed by atoms with van der Waals surface area (Å²) in [5.74, 6) is 0. The number of sulfonamides is 1. The van der Waals surface area contributed by atoms with Gasteiger partial charge in [0, 0.05) is 17.5 Å². The van der Waals surface area contributed by atoms with Crippen LogP contribution in [0, 0.1) is 0 Å². The third-order valence-corrected chi connectivity index (χ3v) is 5.50. The number of nitrogens with one attached hydrogen (secondary N) is 2. The molecule has 0 amide bonds. The highest BCUT2D eigenvalue weighted by Gasteiger charge is 2.16. The Kier molecular flexibility index (Phi) is 6.57. The summed E-state index contributed by atoms with van der Waals surface area (Å²) in [5.41, 5.74) is 3.05. The van der Waals surface area contributed by atoms with E-state index in [0.29, 0.717) is 6.54 Å². The zero-order valence-electron chi connectivity index (χ0n) is 14.7. The number of benzene rings is 2. The molecule has 138 valence electrons. The molecule has 0 aliphatic carbocycles. The molecule has 2 aromatic rings. The van der Waals surface area contributed by atoms with Crippen molar-refractivity contribution < 1.29 is 18.1 Å². The Balaban J connectivity index is 1.62.